The van der Waals surface area contributed by atoms with Crippen molar-refractivity contribution in [2.75, 3.05) is 7.11 Å². The van der Waals surface area contributed by atoms with Gasteiger partial charge in [0.25, 0.3) is 0 Å². The summed E-state index contributed by atoms with van der Waals surface area (Å²) in [4.78, 5) is 8.33. The van der Waals surface area contributed by atoms with Crippen molar-refractivity contribution in [1.29, 1.82) is 0 Å². The normalized spacial score (nSPS) is 10.2. The van der Waals surface area contributed by atoms with Crippen LogP contribution >= 0.6 is 23.8 Å². The van der Waals surface area contributed by atoms with E-state index in [1.165, 1.54) is 13.3 Å². The minimum atomic E-state index is 0.229. The fourth-order valence-electron chi connectivity index (χ4n) is 1.38. The van der Waals surface area contributed by atoms with Gasteiger partial charge in [0.1, 0.15) is 10.0 Å². The molecule has 88 valence electrons. The summed E-state index contributed by atoms with van der Waals surface area (Å²) in [5.74, 6) is 0.478. The molecule has 17 heavy (non-hydrogen) atoms. The van der Waals surface area contributed by atoms with Gasteiger partial charge in [-0.05, 0) is 12.1 Å². The predicted octanol–water partition coefficient (Wildman–Crippen LogP) is 1.56. The van der Waals surface area contributed by atoms with Crippen molar-refractivity contribution in [3.63, 3.8) is 0 Å². The molecule has 0 bridgehead atoms. The van der Waals surface area contributed by atoms with E-state index < -0.39 is 0 Å². The van der Waals surface area contributed by atoms with E-state index in [0.717, 1.165) is 0 Å². The van der Waals surface area contributed by atoms with Crippen LogP contribution in [0.4, 0.5) is 0 Å². The van der Waals surface area contributed by atoms with Gasteiger partial charge in [0.2, 0.25) is 0 Å². The quantitative estimate of drug-likeness (QED) is 0.856. The van der Waals surface area contributed by atoms with Crippen LogP contribution in [-0.2, 0) is 0 Å². The summed E-state index contributed by atoms with van der Waals surface area (Å²) in [6.45, 7) is 0. The van der Waals surface area contributed by atoms with Gasteiger partial charge in [-0.15, -0.1) is 0 Å². The maximum Gasteiger partial charge on any atom is 0.318 e. The number of rotatable bonds is 3. The molecule has 0 aliphatic heterocycles. The Morgan fingerprint density at radius 2 is 2.35 bits per heavy atom. The SMILES string of the molecule is COc1ncc(Cl)c(-n2cccc2C(N)=S)n1. The van der Waals surface area contributed by atoms with Crippen molar-refractivity contribution in [1.82, 2.24) is 14.5 Å². The molecule has 2 aromatic heterocycles. The lowest BCUT2D eigenvalue weighted by Gasteiger charge is -2.09. The van der Waals surface area contributed by atoms with Crippen molar-refractivity contribution >= 4 is 28.8 Å². The minimum Gasteiger partial charge on any atom is -0.467 e. The average Bonchev–Trinajstić information content (AvgIpc) is 2.78. The van der Waals surface area contributed by atoms with Crippen LogP contribution in [-0.4, -0.2) is 26.6 Å². The molecule has 2 aromatic rings. The summed E-state index contributed by atoms with van der Waals surface area (Å²) in [7, 11) is 1.48. The molecule has 7 heteroatoms. The highest BCUT2D eigenvalue weighted by Gasteiger charge is 2.12. The van der Waals surface area contributed by atoms with E-state index in [0.29, 0.717) is 16.5 Å². The molecule has 0 aliphatic rings. The molecule has 0 spiro atoms. The number of methoxy groups -OCH3 is 1. The first-order valence-electron chi connectivity index (χ1n) is 4.67. The number of aromatic nitrogens is 3. The van der Waals surface area contributed by atoms with Crippen LogP contribution in [0.25, 0.3) is 5.82 Å². The monoisotopic (exact) mass is 268 g/mol. The van der Waals surface area contributed by atoms with Crippen LogP contribution in [0.2, 0.25) is 5.02 Å². The molecule has 0 saturated heterocycles. The summed E-state index contributed by atoms with van der Waals surface area (Å²) in [5, 5.41) is 0.388. The molecule has 0 atom stereocenters. The van der Waals surface area contributed by atoms with Crippen molar-refractivity contribution < 1.29 is 4.74 Å². The smallest absolute Gasteiger partial charge is 0.318 e. The summed E-state index contributed by atoms with van der Waals surface area (Å²) in [6.07, 6.45) is 3.23. The Balaban J connectivity index is 2.59. The van der Waals surface area contributed by atoms with Gasteiger partial charge in [0.15, 0.2) is 5.82 Å². The lowest BCUT2D eigenvalue weighted by atomic mass is 10.4. The summed E-state index contributed by atoms with van der Waals surface area (Å²) >= 11 is 11.0. The van der Waals surface area contributed by atoms with Gasteiger partial charge in [0.05, 0.1) is 19.0 Å². The van der Waals surface area contributed by atoms with Crippen molar-refractivity contribution in [2.45, 2.75) is 0 Å². The Hall–Kier alpha value is -1.66. The Labute approximate surface area is 108 Å². The molecule has 2 heterocycles. The van der Waals surface area contributed by atoms with Crippen LogP contribution in [0.15, 0.2) is 24.5 Å². The zero-order valence-corrected chi connectivity index (χ0v) is 10.5. The maximum absolute atomic E-state index is 6.04. The van der Waals surface area contributed by atoms with E-state index in [9.17, 15) is 0 Å². The molecule has 0 amide bonds. The highest BCUT2D eigenvalue weighted by Crippen LogP contribution is 2.21. The van der Waals surface area contributed by atoms with Crippen LogP contribution in [0.3, 0.4) is 0 Å². The number of thiocarbonyl (C=S) groups is 1. The highest BCUT2D eigenvalue weighted by molar-refractivity contribution is 7.80. The summed E-state index contributed by atoms with van der Waals surface area (Å²) in [5.41, 5.74) is 6.27. The van der Waals surface area contributed by atoms with Crippen molar-refractivity contribution in [2.24, 2.45) is 5.73 Å². The lowest BCUT2D eigenvalue weighted by molar-refractivity contribution is 0.379. The second-order valence-electron chi connectivity index (χ2n) is 3.16. The van der Waals surface area contributed by atoms with Crippen LogP contribution in [0.1, 0.15) is 5.69 Å². The molecule has 0 saturated carbocycles. The molecular weight excluding hydrogens is 260 g/mol. The fraction of sp³-hybridized carbons (Fsp3) is 0.100. The van der Waals surface area contributed by atoms with E-state index in [2.05, 4.69) is 9.97 Å². The zero-order chi connectivity index (χ0) is 12.4. The molecule has 0 fully saturated rings. The second kappa shape index (κ2) is 4.68. The van der Waals surface area contributed by atoms with Crippen molar-refractivity contribution in [3.8, 4) is 11.8 Å². The maximum atomic E-state index is 6.04. The Bertz CT molecular complexity index is 569. The van der Waals surface area contributed by atoms with Gasteiger partial charge in [-0.25, -0.2) is 4.98 Å². The van der Waals surface area contributed by atoms with Gasteiger partial charge in [-0.2, -0.15) is 4.98 Å². The highest BCUT2D eigenvalue weighted by atomic mass is 35.5. The van der Waals surface area contributed by atoms with E-state index in [4.69, 9.17) is 34.3 Å². The van der Waals surface area contributed by atoms with Gasteiger partial charge in [-0.3, -0.25) is 4.57 Å². The predicted molar refractivity (Wildman–Crippen MR) is 68.8 cm³/mol. The molecule has 0 aliphatic carbocycles. The summed E-state index contributed by atoms with van der Waals surface area (Å²) in [6, 6.07) is 3.82. The topological polar surface area (TPSA) is 66.0 Å². The molecule has 2 N–H and O–H groups in total. The largest absolute Gasteiger partial charge is 0.467 e. The molecule has 2 rings (SSSR count). The van der Waals surface area contributed by atoms with Crippen LogP contribution in [0, 0.1) is 0 Å². The molecular formula is C10H9ClN4OS. The fourth-order valence-corrected chi connectivity index (χ4v) is 1.72. The number of hydrogen-bond acceptors (Lipinski definition) is 4. The van der Waals surface area contributed by atoms with Crippen LogP contribution in [0.5, 0.6) is 6.01 Å². The zero-order valence-electron chi connectivity index (χ0n) is 8.92. The standard InChI is InChI=1S/C10H9ClN4OS/c1-16-10-13-5-6(11)9(14-10)15-4-2-3-7(15)8(12)17/h2-5H,1H3,(H2,12,17). The average molecular weight is 269 g/mol. The van der Waals surface area contributed by atoms with Gasteiger partial charge < -0.3 is 10.5 Å². The summed E-state index contributed by atoms with van der Waals surface area (Å²) < 4.78 is 6.64. The van der Waals surface area contributed by atoms with E-state index in [-0.39, 0.29) is 11.0 Å². The first-order chi connectivity index (χ1) is 8.13. The third-order valence-corrected chi connectivity index (χ3v) is 2.59. The molecule has 0 aromatic carbocycles. The lowest BCUT2D eigenvalue weighted by Crippen LogP contribution is -2.15. The van der Waals surface area contributed by atoms with E-state index in [1.807, 2.05) is 0 Å². The van der Waals surface area contributed by atoms with Crippen molar-refractivity contribution in [3.05, 3.63) is 35.2 Å². The van der Waals surface area contributed by atoms with Crippen LogP contribution < -0.4 is 10.5 Å². The second-order valence-corrected chi connectivity index (χ2v) is 4.00. The first-order valence-corrected chi connectivity index (χ1v) is 5.46. The Morgan fingerprint density at radius 3 is 3.00 bits per heavy atom. The van der Waals surface area contributed by atoms with E-state index >= 15 is 0 Å². The first kappa shape index (κ1) is 11.8. The van der Waals surface area contributed by atoms with Gasteiger partial charge in [0, 0.05) is 6.20 Å². The van der Waals surface area contributed by atoms with Gasteiger partial charge >= 0.3 is 6.01 Å². The number of nitrogens with two attached hydrogens (primary N) is 1. The third kappa shape index (κ3) is 2.22. The van der Waals surface area contributed by atoms with E-state index in [1.54, 1.807) is 22.9 Å². The Morgan fingerprint density at radius 1 is 1.59 bits per heavy atom. The molecule has 5 nitrogen and oxygen atoms in total. The Kier molecular flexibility index (Phi) is 3.26. The third-order valence-electron chi connectivity index (χ3n) is 2.12. The van der Waals surface area contributed by atoms with Gasteiger partial charge in [-0.1, -0.05) is 23.8 Å². The molecule has 0 unspecified atom stereocenters. The number of nitrogens with zero attached hydrogens (tertiary/aromatic N) is 3. The number of ether oxygens (including phenoxy) is 1. The minimum absolute atomic E-state index is 0.229. The molecule has 0 radical (unpaired) electrons. The number of halogens is 1. The number of hydrogen-bond donors (Lipinski definition) is 1.